The van der Waals surface area contributed by atoms with Gasteiger partial charge in [-0.25, -0.2) is 4.39 Å². The number of ketones is 1. The largest absolute Gasteiger partial charge is 0.493 e. The molecular formula is C9H7Br2FO2. The molecule has 1 aromatic carbocycles. The van der Waals surface area contributed by atoms with Crippen LogP contribution < -0.4 is 4.74 Å². The number of carbonyl (C=O) groups is 1. The summed E-state index contributed by atoms with van der Waals surface area (Å²) in [6, 6.07) is 3.00. The topological polar surface area (TPSA) is 26.3 Å². The molecule has 1 rings (SSSR count). The average Bonchev–Trinajstić information content (AvgIpc) is 2.20. The number of halogens is 3. The maximum absolute atomic E-state index is 13.4. The van der Waals surface area contributed by atoms with Gasteiger partial charge in [-0.15, -0.1) is 0 Å². The highest BCUT2D eigenvalue weighted by molar-refractivity contribution is 9.10. The van der Waals surface area contributed by atoms with Crippen molar-refractivity contribution >= 4 is 37.6 Å². The molecule has 0 aliphatic heterocycles. The Morgan fingerprint density at radius 3 is 2.71 bits per heavy atom. The third-order valence-electron chi connectivity index (χ3n) is 1.68. The van der Waals surface area contributed by atoms with Crippen molar-refractivity contribution in [3.8, 4) is 5.75 Å². The molecular weight excluding hydrogens is 319 g/mol. The Morgan fingerprint density at radius 2 is 2.21 bits per heavy atom. The van der Waals surface area contributed by atoms with Gasteiger partial charge >= 0.3 is 0 Å². The van der Waals surface area contributed by atoms with E-state index in [1.54, 1.807) is 0 Å². The fourth-order valence-corrected chi connectivity index (χ4v) is 1.64. The fraction of sp³-hybridized carbons (Fsp3) is 0.222. The van der Waals surface area contributed by atoms with E-state index in [2.05, 4.69) is 31.9 Å². The molecule has 0 amide bonds. The Balaban J connectivity index is 3.31. The van der Waals surface area contributed by atoms with Crippen LogP contribution in [0.3, 0.4) is 0 Å². The Labute approximate surface area is 97.7 Å². The molecule has 14 heavy (non-hydrogen) atoms. The van der Waals surface area contributed by atoms with E-state index in [-0.39, 0.29) is 26.9 Å². The van der Waals surface area contributed by atoms with Crippen molar-refractivity contribution < 1.29 is 13.9 Å². The van der Waals surface area contributed by atoms with E-state index in [0.717, 1.165) is 0 Å². The number of benzene rings is 1. The van der Waals surface area contributed by atoms with Crippen LogP contribution in [0.5, 0.6) is 5.75 Å². The van der Waals surface area contributed by atoms with E-state index >= 15 is 0 Å². The fourth-order valence-electron chi connectivity index (χ4n) is 1.02. The molecule has 0 saturated carbocycles. The highest BCUT2D eigenvalue weighted by atomic mass is 79.9. The lowest BCUT2D eigenvalue weighted by molar-refractivity contribution is 0.102. The molecule has 76 valence electrons. The van der Waals surface area contributed by atoms with Crippen LogP contribution in [0.15, 0.2) is 16.6 Å². The Kier molecular flexibility index (Phi) is 4.07. The number of Topliss-reactive ketones (excluding diaryl/α,β-unsaturated/α-hetero) is 1. The molecule has 0 unspecified atom stereocenters. The minimum Gasteiger partial charge on any atom is -0.493 e. The summed E-state index contributed by atoms with van der Waals surface area (Å²) in [7, 11) is 1.33. The van der Waals surface area contributed by atoms with E-state index in [0.29, 0.717) is 0 Å². The van der Waals surface area contributed by atoms with Gasteiger partial charge in [0.25, 0.3) is 0 Å². The summed E-state index contributed by atoms with van der Waals surface area (Å²) < 4.78 is 18.5. The van der Waals surface area contributed by atoms with Crippen molar-refractivity contribution in [1.29, 1.82) is 0 Å². The van der Waals surface area contributed by atoms with Crippen LogP contribution in [0, 0.1) is 5.82 Å². The summed E-state index contributed by atoms with van der Waals surface area (Å²) in [5.41, 5.74) is 0.241. The van der Waals surface area contributed by atoms with Crippen molar-refractivity contribution in [3.63, 3.8) is 0 Å². The zero-order chi connectivity index (χ0) is 10.7. The van der Waals surface area contributed by atoms with Crippen molar-refractivity contribution in [3.05, 3.63) is 28.0 Å². The van der Waals surface area contributed by atoms with E-state index < -0.39 is 5.82 Å². The first-order valence-electron chi connectivity index (χ1n) is 3.73. The van der Waals surface area contributed by atoms with Gasteiger partial charge in [0.05, 0.1) is 22.5 Å². The normalized spacial score (nSPS) is 10.0. The highest BCUT2D eigenvalue weighted by Crippen LogP contribution is 2.29. The zero-order valence-corrected chi connectivity index (χ0v) is 10.5. The second-order valence-electron chi connectivity index (χ2n) is 2.50. The average molecular weight is 326 g/mol. The summed E-state index contributed by atoms with van der Waals surface area (Å²) in [6.45, 7) is 0. The first kappa shape index (κ1) is 11.7. The van der Waals surface area contributed by atoms with E-state index in [1.165, 1.54) is 19.2 Å². The third kappa shape index (κ3) is 2.15. The Hall–Kier alpha value is -0.420. The number of hydrogen-bond acceptors (Lipinski definition) is 2. The molecule has 0 fully saturated rings. The predicted molar refractivity (Wildman–Crippen MR) is 58.8 cm³/mol. The lowest BCUT2D eigenvalue weighted by Gasteiger charge is -2.08. The van der Waals surface area contributed by atoms with Gasteiger partial charge in [-0.05, 0) is 28.1 Å². The van der Waals surface area contributed by atoms with Gasteiger partial charge in [0.15, 0.2) is 17.3 Å². The van der Waals surface area contributed by atoms with Gasteiger partial charge in [-0.3, -0.25) is 4.79 Å². The molecule has 0 spiro atoms. The molecule has 0 N–H and O–H groups in total. The summed E-state index contributed by atoms with van der Waals surface area (Å²) >= 11 is 6.03. The molecule has 0 heterocycles. The Bertz CT molecular complexity index is 366. The molecule has 0 saturated heterocycles. The van der Waals surface area contributed by atoms with Gasteiger partial charge in [0.2, 0.25) is 0 Å². The third-order valence-corrected chi connectivity index (χ3v) is 2.80. The van der Waals surface area contributed by atoms with Crippen LogP contribution in [-0.2, 0) is 0 Å². The summed E-state index contributed by atoms with van der Waals surface area (Å²) in [6.07, 6.45) is 0. The molecule has 2 nitrogen and oxygen atoms in total. The summed E-state index contributed by atoms with van der Waals surface area (Å²) in [4.78, 5) is 11.3. The summed E-state index contributed by atoms with van der Waals surface area (Å²) in [5.74, 6) is -0.795. The van der Waals surface area contributed by atoms with E-state index in [9.17, 15) is 9.18 Å². The first-order chi connectivity index (χ1) is 6.61. The SMILES string of the molecule is COc1c(C(=O)CBr)ccc(Br)c1F. The van der Waals surface area contributed by atoms with Crippen molar-refractivity contribution in [2.24, 2.45) is 0 Å². The van der Waals surface area contributed by atoms with Crippen LogP contribution in [0.4, 0.5) is 4.39 Å². The van der Waals surface area contributed by atoms with E-state index in [4.69, 9.17) is 4.74 Å². The van der Waals surface area contributed by atoms with E-state index in [1.807, 2.05) is 0 Å². The smallest absolute Gasteiger partial charge is 0.179 e. The minimum atomic E-state index is -0.556. The van der Waals surface area contributed by atoms with Crippen LogP contribution in [-0.4, -0.2) is 18.2 Å². The minimum absolute atomic E-state index is 0.0242. The van der Waals surface area contributed by atoms with Crippen molar-refractivity contribution in [2.45, 2.75) is 0 Å². The molecule has 1 aromatic rings. The Morgan fingerprint density at radius 1 is 1.57 bits per heavy atom. The standard InChI is InChI=1S/C9H7Br2FO2/c1-14-9-5(7(13)4-10)2-3-6(11)8(9)12/h2-3H,4H2,1H3. The number of rotatable bonds is 3. The monoisotopic (exact) mass is 324 g/mol. The molecule has 0 aliphatic rings. The zero-order valence-electron chi connectivity index (χ0n) is 7.31. The van der Waals surface area contributed by atoms with Gasteiger partial charge in [-0.2, -0.15) is 0 Å². The van der Waals surface area contributed by atoms with Crippen LogP contribution in [0.2, 0.25) is 0 Å². The maximum atomic E-state index is 13.4. The number of hydrogen-bond donors (Lipinski definition) is 0. The van der Waals surface area contributed by atoms with Crippen molar-refractivity contribution in [2.75, 3.05) is 12.4 Å². The molecule has 0 aromatic heterocycles. The predicted octanol–water partition coefficient (Wildman–Crippen LogP) is 3.17. The number of carbonyl (C=O) groups excluding carboxylic acids is 1. The number of methoxy groups -OCH3 is 1. The molecule has 0 bridgehead atoms. The maximum Gasteiger partial charge on any atom is 0.179 e. The molecule has 5 heteroatoms. The molecule has 0 aliphatic carbocycles. The van der Waals surface area contributed by atoms with Gasteiger partial charge < -0.3 is 4.74 Å². The van der Waals surface area contributed by atoms with Crippen molar-refractivity contribution in [1.82, 2.24) is 0 Å². The highest BCUT2D eigenvalue weighted by Gasteiger charge is 2.17. The van der Waals surface area contributed by atoms with Gasteiger partial charge in [0.1, 0.15) is 0 Å². The second-order valence-corrected chi connectivity index (χ2v) is 3.91. The summed E-state index contributed by atoms with van der Waals surface area (Å²) in [5, 5.41) is 0.143. The quantitative estimate of drug-likeness (QED) is 0.630. The van der Waals surface area contributed by atoms with Gasteiger partial charge in [-0.1, -0.05) is 15.9 Å². The molecule has 0 atom stereocenters. The number of alkyl halides is 1. The number of ether oxygens (including phenoxy) is 1. The second kappa shape index (κ2) is 4.89. The lowest BCUT2D eigenvalue weighted by Crippen LogP contribution is -2.05. The van der Waals surface area contributed by atoms with Gasteiger partial charge in [0, 0.05) is 0 Å². The van der Waals surface area contributed by atoms with Crippen LogP contribution in [0.25, 0.3) is 0 Å². The van der Waals surface area contributed by atoms with Crippen LogP contribution >= 0.6 is 31.9 Å². The van der Waals surface area contributed by atoms with Crippen LogP contribution in [0.1, 0.15) is 10.4 Å². The molecule has 0 radical (unpaired) electrons. The first-order valence-corrected chi connectivity index (χ1v) is 5.64. The lowest BCUT2D eigenvalue weighted by atomic mass is 10.1.